The molecule has 4 nitrogen and oxygen atoms in total. The van der Waals surface area contributed by atoms with E-state index in [0.29, 0.717) is 31.6 Å². The smallest absolute Gasteiger partial charge is 0.263 e. The van der Waals surface area contributed by atoms with Gasteiger partial charge in [0.05, 0.1) is 13.1 Å². The van der Waals surface area contributed by atoms with E-state index >= 15 is 0 Å². The van der Waals surface area contributed by atoms with E-state index in [2.05, 4.69) is 5.32 Å². The normalized spacial score (nSPS) is 26.2. The maximum absolute atomic E-state index is 14.7. The fourth-order valence-electron chi connectivity index (χ4n) is 5.09. The maximum atomic E-state index is 14.7. The summed E-state index contributed by atoms with van der Waals surface area (Å²) in [5, 5.41) is 2.87. The zero-order valence-corrected chi connectivity index (χ0v) is 17.1. The van der Waals surface area contributed by atoms with Crippen molar-refractivity contribution in [2.75, 3.05) is 31.5 Å². The van der Waals surface area contributed by atoms with Crippen LogP contribution in [-0.2, 0) is 4.79 Å². The SMILES string of the molecule is O=C(CN1CC2CC(C1)N2CC(F)(F)C1CCCCC1)Nc1cc(F)cc(Cl)c1. The first-order chi connectivity index (χ1) is 13.8. The van der Waals surface area contributed by atoms with E-state index in [-0.39, 0.29) is 36.1 Å². The van der Waals surface area contributed by atoms with Crippen LogP contribution in [0.25, 0.3) is 0 Å². The summed E-state index contributed by atoms with van der Waals surface area (Å²) in [4.78, 5) is 16.2. The standard InChI is InChI=1S/C21H27ClF3N3O/c22-15-6-16(23)8-17(7-15)26-20(29)12-27-10-18-9-19(11-27)28(18)13-21(24,25)14-4-2-1-3-5-14/h6-8,14,18-19H,1-5,9-13H2,(H,26,29). The lowest BCUT2D eigenvalue weighted by atomic mass is 9.81. The van der Waals surface area contributed by atoms with E-state index in [1.165, 1.54) is 18.2 Å². The average Bonchev–Trinajstić information content (AvgIpc) is 2.66. The van der Waals surface area contributed by atoms with Crippen molar-refractivity contribution >= 4 is 23.2 Å². The van der Waals surface area contributed by atoms with Crippen LogP contribution in [0.1, 0.15) is 38.5 Å². The highest BCUT2D eigenvalue weighted by Gasteiger charge is 2.50. The number of hydrogen-bond acceptors (Lipinski definition) is 3. The van der Waals surface area contributed by atoms with Gasteiger partial charge in [-0.2, -0.15) is 0 Å². The Morgan fingerprint density at radius 2 is 1.83 bits per heavy atom. The molecule has 0 radical (unpaired) electrons. The van der Waals surface area contributed by atoms with Crippen molar-refractivity contribution < 1.29 is 18.0 Å². The lowest BCUT2D eigenvalue weighted by Crippen LogP contribution is -2.71. The van der Waals surface area contributed by atoms with Crippen molar-refractivity contribution in [1.82, 2.24) is 9.80 Å². The van der Waals surface area contributed by atoms with E-state index in [1.54, 1.807) is 0 Å². The van der Waals surface area contributed by atoms with Crippen LogP contribution in [0.3, 0.4) is 0 Å². The monoisotopic (exact) mass is 429 g/mol. The molecule has 3 aliphatic heterocycles. The summed E-state index contributed by atoms with van der Waals surface area (Å²) < 4.78 is 42.9. The van der Waals surface area contributed by atoms with Crippen LogP contribution in [0.2, 0.25) is 5.02 Å². The van der Waals surface area contributed by atoms with Gasteiger partial charge in [-0.1, -0.05) is 30.9 Å². The van der Waals surface area contributed by atoms with Gasteiger partial charge in [0, 0.05) is 41.8 Å². The number of amides is 1. The second-order valence-corrected chi connectivity index (χ2v) is 9.15. The topological polar surface area (TPSA) is 35.6 Å². The molecular formula is C21H27ClF3N3O. The highest BCUT2D eigenvalue weighted by atomic mass is 35.5. The summed E-state index contributed by atoms with van der Waals surface area (Å²) in [6.45, 7) is 1.21. The molecule has 2 unspecified atom stereocenters. The maximum Gasteiger partial charge on any atom is 0.263 e. The van der Waals surface area contributed by atoms with E-state index in [9.17, 15) is 18.0 Å². The third-order valence-electron chi connectivity index (χ3n) is 6.53. The van der Waals surface area contributed by atoms with Crippen molar-refractivity contribution in [2.45, 2.75) is 56.5 Å². The van der Waals surface area contributed by atoms with E-state index in [1.807, 2.05) is 9.80 Å². The minimum atomic E-state index is -2.63. The molecule has 0 aromatic heterocycles. The van der Waals surface area contributed by atoms with Crippen molar-refractivity contribution in [3.05, 3.63) is 29.0 Å². The van der Waals surface area contributed by atoms with Crippen molar-refractivity contribution in [3.8, 4) is 0 Å². The number of halogens is 4. The van der Waals surface area contributed by atoms with Gasteiger partial charge in [-0.25, -0.2) is 13.2 Å². The Morgan fingerprint density at radius 3 is 2.48 bits per heavy atom. The summed E-state index contributed by atoms with van der Waals surface area (Å²) in [6.07, 6.45) is 5.07. The summed E-state index contributed by atoms with van der Waals surface area (Å²) in [5.74, 6) is -3.89. The summed E-state index contributed by atoms with van der Waals surface area (Å²) in [5.41, 5.74) is 0.316. The van der Waals surface area contributed by atoms with Gasteiger partial charge in [0.1, 0.15) is 5.82 Å². The molecule has 4 aliphatic rings. The highest BCUT2D eigenvalue weighted by molar-refractivity contribution is 6.30. The third kappa shape index (κ3) is 4.89. The zero-order chi connectivity index (χ0) is 20.6. The largest absolute Gasteiger partial charge is 0.325 e. The predicted octanol–water partition coefficient (Wildman–Crippen LogP) is 4.39. The molecule has 1 aliphatic carbocycles. The Morgan fingerprint density at radius 1 is 1.14 bits per heavy atom. The predicted molar refractivity (Wildman–Crippen MR) is 107 cm³/mol. The molecule has 160 valence electrons. The van der Waals surface area contributed by atoms with Crippen molar-refractivity contribution in [1.29, 1.82) is 0 Å². The van der Waals surface area contributed by atoms with Crippen LogP contribution >= 0.6 is 11.6 Å². The fraction of sp³-hybridized carbons (Fsp3) is 0.667. The molecule has 2 bridgehead atoms. The summed E-state index contributed by atoms with van der Waals surface area (Å²) in [6, 6.07) is 4.05. The Bertz CT molecular complexity index is 724. The molecule has 5 rings (SSSR count). The number of carbonyl (C=O) groups excluding carboxylic acids is 1. The van der Waals surface area contributed by atoms with Gasteiger partial charge >= 0.3 is 0 Å². The first kappa shape index (κ1) is 20.9. The van der Waals surface area contributed by atoms with Gasteiger partial charge in [0.2, 0.25) is 5.91 Å². The number of rotatable bonds is 6. The van der Waals surface area contributed by atoms with Gasteiger partial charge in [-0.15, -0.1) is 0 Å². The molecule has 1 saturated carbocycles. The zero-order valence-electron chi connectivity index (χ0n) is 16.3. The van der Waals surface area contributed by atoms with Crippen LogP contribution in [0.5, 0.6) is 0 Å². The van der Waals surface area contributed by atoms with E-state index in [4.69, 9.17) is 11.6 Å². The fourth-order valence-corrected chi connectivity index (χ4v) is 5.31. The number of piperazine rings is 1. The highest BCUT2D eigenvalue weighted by Crippen LogP contribution is 2.41. The van der Waals surface area contributed by atoms with Gasteiger partial charge in [-0.05, 0) is 37.5 Å². The van der Waals surface area contributed by atoms with Crippen LogP contribution in [0, 0.1) is 11.7 Å². The average molecular weight is 430 g/mol. The molecular weight excluding hydrogens is 403 g/mol. The molecule has 8 heteroatoms. The number of nitrogens with zero attached hydrogens (tertiary/aromatic N) is 2. The van der Waals surface area contributed by atoms with Gasteiger partial charge < -0.3 is 5.32 Å². The van der Waals surface area contributed by atoms with Gasteiger partial charge in [0.25, 0.3) is 5.92 Å². The van der Waals surface area contributed by atoms with Crippen LogP contribution < -0.4 is 5.32 Å². The molecule has 3 saturated heterocycles. The summed E-state index contributed by atoms with van der Waals surface area (Å²) in [7, 11) is 0. The van der Waals surface area contributed by atoms with Crippen LogP contribution in [0.4, 0.5) is 18.9 Å². The number of carbonyl (C=O) groups is 1. The molecule has 0 spiro atoms. The molecule has 1 aromatic rings. The molecule has 1 aromatic carbocycles. The van der Waals surface area contributed by atoms with Crippen LogP contribution in [-0.4, -0.2) is 59.9 Å². The number of alkyl halides is 2. The Kier molecular flexibility index (Phi) is 6.09. The van der Waals surface area contributed by atoms with Gasteiger partial charge in [-0.3, -0.25) is 14.6 Å². The Balaban J connectivity index is 1.27. The molecule has 1 N–H and O–H groups in total. The second kappa shape index (κ2) is 8.44. The molecule has 29 heavy (non-hydrogen) atoms. The number of anilines is 1. The Labute approximate surface area is 174 Å². The third-order valence-corrected chi connectivity index (χ3v) is 6.75. The molecule has 4 fully saturated rings. The summed E-state index contributed by atoms with van der Waals surface area (Å²) >= 11 is 5.81. The molecule has 3 heterocycles. The molecule has 1 amide bonds. The van der Waals surface area contributed by atoms with Crippen molar-refractivity contribution in [3.63, 3.8) is 0 Å². The van der Waals surface area contributed by atoms with E-state index < -0.39 is 17.7 Å². The number of fused-ring (bicyclic) bond motifs is 2. The minimum Gasteiger partial charge on any atom is -0.325 e. The number of piperidine rings is 1. The quantitative estimate of drug-likeness (QED) is 0.728. The number of hydrogen-bond donors (Lipinski definition) is 1. The van der Waals surface area contributed by atoms with Crippen LogP contribution in [0.15, 0.2) is 18.2 Å². The molecule has 2 atom stereocenters. The Hall–Kier alpha value is -1.31. The first-order valence-electron chi connectivity index (χ1n) is 10.4. The van der Waals surface area contributed by atoms with Crippen molar-refractivity contribution in [2.24, 2.45) is 5.92 Å². The van der Waals surface area contributed by atoms with Gasteiger partial charge in [0.15, 0.2) is 0 Å². The van der Waals surface area contributed by atoms with E-state index in [0.717, 1.165) is 25.7 Å². The lowest BCUT2D eigenvalue weighted by Gasteiger charge is -2.57. The number of nitrogens with one attached hydrogen (secondary N) is 1. The second-order valence-electron chi connectivity index (χ2n) is 8.71. The lowest BCUT2D eigenvalue weighted by molar-refractivity contribution is -0.154. The number of benzene rings is 1. The first-order valence-corrected chi connectivity index (χ1v) is 10.8. The minimum absolute atomic E-state index is 0.0830.